The standard InChI is InChI=1S/C11H10O6.Al/c1-5(12)7-3-4-8(11(15)17-16)10(14)9(7)6(2)13;/h3-4,14,16H,1-2H3;. The zero-order chi connectivity index (χ0) is 13.2. The van der Waals surface area contributed by atoms with Crippen LogP contribution in [-0.4, -0.2) is 45.3 Å². The molecule has 1 aromatic carbocycles. The van der Waals surface area contributed by atoms with E-state index >= 15 is 0 Å². The number of phenolic OH excluding ortho intramolecular Hbond substituents is 1. The predicted octanol–water partition coefficient (Wildman–Crippen LogP) is 1.05. The van der Waals surface area contributed by atoms with Crippen molar-refractivity contribution in [2.45, 2.75) is 13.8 Å². The monoisotopic (exact) mass is 265 g/mol. The quantitative estimate of drug-likeness (QED) is 0.366. The molecule has 1 rings (SSSR count). The zero-order valence-electron chi connectivity index (χ0n) is 9.76. The van der Waals surface area contributed by atoms with Gasteiger partial charge in [-0.25, -0.2) is 4.79 Å². The largest absolute Gasteiger partial charge is 0.506 e. The average molecular weight is 265 g/mol. The lowest BCUT2D eigenvalue weighted by Crippen LogP contribution is -2.09. The highest BCUT2D eigenvalue weighted by Gasteiger charge is 2.23. The van der Waals surface area contributed by atoms with Crippen molar-refractivity contribution in [1.82, 2.24) is 0 Å². The smallest absolute Gasteiger partial charge is 0.376 e. The van der Waals surface area contributed by atoms with E-state index in [0.29, 0.717) is 0 Å². The summed E-state index contributed by atoms with van der Waals surface area (Å²) in [5.74, 6) is -2.88. The minimum atomic E-state index is -1.21. The van der Waals surface area contributed by atoms with Crippen LogP contribution in [-0.2, 0) is 4.89 Å². The van der Waals surface area contributed by atoms with Crippen molar-refractivity contribution in [2.75, 3.05) is 0 Å². The molecular formula is C11H10AlO6. The lowest BCUT2D eigenvalue weighted by Gasteiger charge is -2.09. The number of rotatable bonds is 3. The Labute approximate surface area is 113 Å². The van der Waals surface area contributed by atoms with Crippen LogP contribution in [0.4, 0.5) is 0 Å². The molecule has 0 unspecified atom stereocenters. The molecule has 0 amide bonds. The summed E-state index contributed by atoms with van der Waals surface area (Å²) in [4.78, 5) is 37.1. The molecule has 0 heterocycles. The fourth-order valence-electron chi connectivity index (χ4n) is 1.45. The van der Waals surface area contributed by atoms with Gasteiger partial charge >= 0.3 is 5.97 Å². The lowest BCUT2D eigenvalue weighted by molar-refractivity contribution is -0.182. The third-order valence-electron chi connectivity index (χ3n) is 2.21. The van der Waals surface area contributed by atoms with E-state index in [2.05, 4.69) is 4.89 Å². The summed E-state index contributed by atoms with van der Waals surface area (Å²) in [6.45, 7) is 2.38. The van der Waals surface area contributed by atoms with Crippen LogP contribution >= 0.6 is 0 Å². The number of Topliss-reactive ketones (excluding diaryl/α,β-unsaturated/α-hetero) is 2. The lowest BCUT2D eigenvalue weighted by atomic mass is 9.97. The Morgan fingerprint density at radius 2 is 1.56 bits per heavy atom. The Morgan fingerprint density at radius 3 is 1.94 bits per heavy atom. The zero-order valence-corrected chi connectivity index (χ0v) is 10.9. The SMILES string of the molecule is CC(=O)c1ccc(C(=O)OO)c(O)c1C(C)=O.[Al]. The number of hydrogen-bond donors (Lipinski definition) is 2. The van der Waals surface area contributed by atoms with Crippen molar-refractivity contribution in [3.63, 3.8) is 0 Å². The first-order valence-corrected chi connectivity index (χ1v) is 4.63. The molecule has 93 valence electrons. The molecule has 0 spiro atoms. The van der Waals surface area contributed by atoms with E-state index in [4.69, 9.17) is 5.26 Å². The van der Waals surface area contributed by atoms with Gasteiger partial charge in [-0.1, -0.05) is 0 Å². The predicted molar refractivity (Wildman–Crippen MR) is 61.9 cm³/mol. The van der Waals surface area contributed by atoms with Crippen LogP contribution in [0.3, 0.4) is 0 Å². The number of hydrogen-bond acceptors (Lipinski definition) is 6. The summed E-state index contributed by atoms with van der Waals surface area (Å²) in [6, 6.07) is 2.31. The molecule has 0 saturated heterocycles. The summed E-state index contributed by atoms with van der Waals surface area (Å²) in [5, 5.41) is 17.9. The normalized spacial score (nSPS) is 9.28. The molecule has 7 heteroatoms. The first-order chi connectivity index (χ1) is 7.90. The van der Waals surface area contributed by atoms with Gasteiger partial charge in [-0.3, -0.25) is 14.5 Å². The van der Waals surface area contributed by atoms with Gasteiger partial charge in [0.2, 0.25) is 0 Å². The second-order valence-electron chi connectivity index (χ2n) is 3.38. The van der Waals surface area contributed by atoms with E-state index in [-0.39, 0.29) is 34.1 Å². The Bertz CT molecular complexity index is 509. The van der Waals surface area contributed by atoms with E-state index in [1.54, 1.807) is 0 Å². The van der Waals surface area contributed by atoms with Crippen molar-refractivity contribution in [1.29, 1.82) is 0 Å². The van der Waals surface area contributed by atoms with E-state index in [0.717, 1.165) is 13.0 Å². The van der Waals surface area contributed by atoms with Gasteiger partial charge in [0.05, 0.1) is 5.56 Å². The van der Waals surface area contributed by atoms with E-state index in [1.807, 2.05) is 0 Å². The first kappa shape index (κ1) is 16.3. The van der Waals surface area contributed by atoms with Gasteiger partial charge in [-0.2, -0.15) is 5.26 Å². The Kier molecular flexibility index (Phi) is 5.72. The van der Waals surface area contributed by atoms with Gasteiger partial charge in [-0.15, -0.1) is 0 Å². The van der Waals surface area contributed by atoms with Crippen molar-refractivity contribution in [3.05, 3.63) is 28.8 Å². The molecule has 1 aromatic rings. The van der Waals surface area contributed by atoms with Gasteiger partial charge in [-0.05, 0) is 26.0 Å². The van der Waals surface area contributed by atoms with Crippen molar-refractivity contribution in [3.8, 4) is 5.75 Å². The van der Waals surface area contributed by atoms with Gasteiger partial charge in [0, 0.05) is 22.9 Å². The minimum absolute atomic E-state index is 0. The van der Waals surface area contributed by atoms with Crippen LogP contribution in [0.2, 0.25) is 0 Å². The Hall–Kier alpha value is -1.68. The number of ketones is 2. The van der Waals surface area contributed by atoms with Gasteiger partial charge in [0.15, 0.2) is 11.6 Å². The molecule has 0 aliphatic carbocycles. The first-order valence-electron chi connectivity index (χ1n) is 4.63. The van der Waals surface area contributed by atoms with Crippen LogP contribution in [0, 0.1) is 0 Å². The molecule has 2 N–H and O–H groups in total. The van der Waals surface area contributed by atoms with Crippen LogP contribution in [0.5, 0.6) is 5.75 Å². The van der Waals surface area contributed by atoms with Crippen molar-refractivity contribution < 1.29 is 29.6 Å². The average Bonchev–Trinajstić information content (AvgIpc) is 2.26. The maximum atomic E-state index is 11.3. The molecule has 0 atom stereocenters. The minimum Gasteiger partial charge on any atom is -0.506 e. The molecule has 3 radical (unpaired) electrons. The maximum absolute atomic E-state index is 11.3. The van der Waals surface area contributed by atoms with Gasteiger partial charge < -0.3 is 5.11 Å². The molecule has 6 nitrogen and oxygen atoms in total. The third kappa shape index (κ3) is 2.96. The highest BCUT2D eigenvalue weighted by Crippen LogP contribution is 2.27. The molecule has 0 aromatic heterocycles. The van der Waals surface area contributed by atoms with Gasteiger partial charge in [0.25, 0.3) is 0 Å². The summed E-state index contributed by atoms with van der Waals surface area (Å²) >= 11 is 0. The van der Waals surface area contributed by atoms with Crippen LogP contribution in [0.1, 0.15) is 44.9 Å². The highest BCUT2D eigenvalue weighted by molar-refractivity contribution is 6.11. The van der Waals surface area contributed by atoms with Crippen LogP contribution in [0.25, 0.3) is 0 Å². The topological polar surface area (TPSA) is 101 Å². The fraction of sp³-hybridized carbons (Fsp3) is 0.182. The second kappa shape index (κ2) is 6.31. The molecule has 0 bridgehead atoms. The molecule has 0 aliphatic rings. The van der Waals surface area contributed by atoms with Crippen molar-refractivity contribution >= 4 is 34.9 Å². The summed E-state index contributed by atoms with van der Waals surface area (Å²) in [6.07, 6.45) is 0. The number of phenols is 1. The third-order valence-corrected chi connectivity index (χ3v) is 2.21. The molecule has 0 aliphatic heterocycles. The van der Waals surface area contributed by atoms with E-state index in [1.165, 1.54) is 13.0 Å². The van der Waals surface area contributed by atoms with Crippen molar-refractivity contribution in [2.24, 2.45) is 0 Å². The second-order valence-corrected chi connectivity index (χ2v) is 3.38. The van der Waals surface area contributed by atoms with Crippen LogP contribution < -0.4 is 0 Å². The van der Waals surface area contributed by atoms with Crippen LogP contribution in [0.15, 0.2) is 12.1 Å². The van der Waals surface area contributed by atoms with E-state index in [9.17, 15) is 19.5 Å². The Morgan fingerprint density at radius 1 is 1.06 bits per heavy atom. The number of benzene rings is 1. The van der Waals surface area contributed by atoms with Gasteiger partial charge in [0.1, 0.15) is 11.3 Å². The summed E-state index contributed by atoms with van der Waals surface area (Å²) in [5.41, 5.74) is -0.646. The molecule has 0 fully saturated rings. The Balaban J connectivity index is 0.00000289. The molecular weight excluding hydrogens is 255 g/mol. The fourth-order valence-corrected chi connectivity index (χ4v) is 1.45. The molecule has 0 saturated carbocycles. The number of carbonyl (C=O) groups excluding carboxylic acids is 3. The number of carbonyl (C=O) groups is 3. The summed E-state index contributed by atoms with van der Waals surface area (Å²) < 4.78 is 0. The maximum Gasteiger partial charge on any atom is 0.376 e. The highest BCUT2D eigenvalue weighted by atomic mass is 27.0. The number of aromatic hydroxyl groups is 1. The summed E-state index contributed by atoms with van der Waals surface area (Å²) in [7, 11) is 0. The molecule has 18 heavy (non-hydrogen) atoms. The van der Waals surface area contributed by atoms with E-state index < -0.39 is 23.3 Å².